The van der Waals surface area contributed by atoms with Crippen molar-refractivity contribution in [1.29, 1.82) is 0 Å². The minimum absolute atomic E-state index is 0.0532. The average molecular weight is 344 g/mol. The maximum atomic E-state index is 13.0. The van der Waals surface area contributed by atoms with Crippen LogP contribution in [-0.2, 0) is 0 Å². The van der Waals surface area contributed by atoms with Gasteiger partial charge >= 0.3 is 17.7 Å². The molecule has 1 heterocycles. The van der Waals surface area contributed by atoms with Gasteiger partial charge in [-0.1, -0.05) is 6.08 Å². The van der Waals surface area contributed by atoms with Gasteiger partial charge in [-0.25, -0.2) is 4.79 Å². The molecule has 1 atom stereocenters. The van der Waals surface area contributed by atoms with E-state index in [4.69, 9.17) is 5.11 Å². The third kappa shape index (κ3) is 3.16. The van der Waals surface area contributed by atoms with Crippen LogP contribution >= 0.6 is 11.8 Å². The van der Waals surface area contributed by atoms with Crippen molar-refractivity contribution in [2.75, 3.05) is 0 Å². The Bertz CT molecular complexity index is 637. The van der Waals surface area contributed by atoms with Crippen LogP contribution in [0.3, 0.4) is 0 Å². The second kappa shape index (κ2) is 5.11. The highest BCUT2D eigenvalue weighted by Gasteiger charge is 2.62. The van der Waals surface area contributed by atoms with E-state index in [-0.39, 0.29) is 17.2 Å². The monoisotopic (exact) mass is 344 g/mol. The topological polar surface area (TPSA) is 46.5 Å². The number of ether oxygens (including phenoxy) is 1. The summed E-state index contributed by atoms with van der Waals surface area (Å²) in [6.45, 7) is 0. The number of carbonyl (C=O) groups is 1. The van der Waals surface area contributed by atoms with Crippen molar-refractivity contribution in [1.82, 2.24) is 0 Å². The van der Waals surface area contributed by atoms with Crippen molar-refractivity contribution >= 4 is 23.8 Å². The van der Waals surface area contributed by atoms with Gasteiger partial charge in [0.15, 0.2) is 0 Å². The van der Waals surface area contributed by atoms with Gasteiger partial charge in [0.1, 0.15) is 5.75 Å². The Morgan fingerprint density at radius 3 is 2.32 bits per heavy atom. The summed E-state index contributed by atoms with van der Waals surface area (Å²) >= 11 is -1.34. The maximum Gasteiger partial charge on any atom is 0.446 e. The molecule has 0 spiro atoms. The Balaban J connectivity index is 2.46. The number of halogens is 6. The molecule has 0 fully saturated rings. The van der Waals surface area contributed by atoms with Crippen molar-refractivity contribution in [2.24, 2.45) is 0 Å². The standard InChI is InChI=1S/C12H6F6O3S/c13-11(14,15)10(22-12(16,17)18)4-3-6-5-7(9(19)20)1-2-8(6)21-10/h1-5H,(H,19,20). The molecule has 0 saturated heterocycles. The van der Waals surface area contributed by atoms with Crippen LogP contribution in [-0.4, -0.2) is 27.7 Å². The number of rotatable bonds is 2. The van der Waals surface area contributed by atoms with E-state index in [2.05, 4.69) is 4.74 Å². The van der Waals surface area contributed by atoms with Crippen LogP contribution in [0, 0.1) is 0 Å². The predicted molar refractivity (Wildman–Crippen MR) is 65.5 cm³/mol. The fourth-order valence-corrected chi connectivity index (χ4v) is 2.47. The molecule has 0 bridgehead atoms. The fourth-order valence-electron chi connectivity index (χ4n) is 1.74. The van der Waals surface area contributed by atoms with E-state index in [0.717, 1.165) is 24.3 Å². The number of hydrogen-bond donors (Lipinski definition) is 1. The highest BCUT2D eigenvalue weighted by Crippen LogP contribution is 2.53. The number of alkyl halides is 6. The van der Waals surface area contributed by atoms with Gasteiger partial charge in [0.05, 0.1) is 5.56 Å². The normalized spacial score (nSPS) is 21.2. The predicted octanol–water partition coefficient (Wildman–Crippen LogP) is 4.30. The molecule has 0 saturated carbocycles. The SMILES string of the molecule is O=C(O)c1ccc2c(c1)C=CC(SC(F)(F)F)(C(F)(F)F)O2. The summed E-state index contributed by atoms with van der Waals surface area (Å²) in [4.78, 5) is 7.16. The van der Waals surface area contributed by atoms with Crippen LogP contribution in [0.25, 0.3) is 6.08 Å². The average Bonchev–Trinajstić information content (AvgIpc) is 2.34. The molecule has 120 valence electrons. The first kappa shape index (κ1) is 16.5. The molecule has 0 aliphatic carbocycles. The highest BCUT2D eigenvalue weighted by molar-refractivity contribution is 8.01. The lowest BCUT2D eigenvalue weighted by atomic mass is 10.1. The molecule has 0 amide bonds. The van der Waals surface area contributed by atoms with Gasteiger partial charge in [-0.15, -0.1) is 0 Å². The quantitative estimate of drug-likeness (QED) is 0.813. The van der Waals surface area contributed by atoms with Gasteiger partial charge in [0.2, 0.25) is 0 Å². The third-order valence-electron chi connectivity index (χ3n) is 2.66. The number of aromatic carboxylic acids is 1. The van der Waals surface area contributed by atoms with Crippen molar-refractivity contribution in [3.63, 3.8) is 0 Å². The van der Waals surface area contributed by atoms with E-state index in [1.165, 1.54) is 0 Å². The van der Waals surface area contributed by atoms with Crippen LogP contribution in [0.2, 0.25) is 0 Å². The third-order valence-corrected chi connectivity index (χ3v) is 3.65. The van der Waals surface area contributed by atoms with E-state index < -0.39 is 40.1 Å². The molecule has 0 radical (unpaired) electrons. The molecule has 1 aliphatic rings. The first-order chi connectivity index (χ1) is 9.94. The summed E-state index contributed by atoms with van der Waals surface area (Å²) in [7, 11) is 0. The van der Waals surface area contributed by atoms with E-state index in [9.17, 15) is 31.1 Å². The smallest absolute Gasteiger partial charge is 0.446 e. The molecule has 22 heavy (non-hydrogen) atoms. The molecular formula is C12H6F6O3S. The molecule has 1 unspecified atom stereocenters. The number of thioether (sulfide) groups is 1. The van der Waals surface area contributed by atoms with Gasteiger partial charge < -0.3 is 9.84 Å². The molecule has 1 aromatic rings. The summed E-state index contributed by atoms with van der Waals surface area (Å²) in [6, 6.07) is 2.84. The number of carboxylic acids is 1. The largest absolute Gasteiger partial charge is 0.478 e. The van der Waals surface area contributed by atoms with Crippen LogP contribution in [0.15, 0.2) is 24.3 Å². The number of carboxylic acid groups (broad SMARTS) is 1. The fraction of sp³-hybridized carbons (Fsp3) is 0.250. The van der Waals surface area contributed by atoms with Crippen LogP contribution in [0.1, 0.15) is 15.9 Å². The number of hydrogen-bond acceptors (Lipinski definition) is 3. The van der Waals surface area contributed by atoms with Gasteiger partial charge in [0, 0.05) is 17.3 Å². The summed E-state index contributed by atoms with van der Waals surface area (Å²) in [5.74, 6) is -1.81. The maximum absolute atomic E-state index is 13.0. The van der Waals surface area contributed by atoms with Crippen molar-refractivity contribution in [2.45, 2.75) is 16.6 Å². The van der Waals surface area contributed by atoms with Gasteiger partial charge in [0.25, 0.3) is 4.93 Å². The summed E-state index contributed by atoms with van der Waals surface area (Å²) in [5, 5.41) is 8.77. The molecule has 1 aromatic carbocycles. The van der Waals surface area contributed by atoms with Crippen molar-refractivity contribution < 1.29 is 41.0 Å². The first-order valence-corrected chi connectivity index (χ1v) is 6.34. The first-order valence-electron chi connectivity index (χ1n) is 5.53. The number of benzene rings is 1. The lowest BCUT2D eigenvalue weighted by Crippen LogP contribution is -2.48. The van der Waals surface area contributed by atoms with Gasteiger partial charge in [-0.05, 0) is 24.3 Å². The Kier molecular flexibility index (Phi) is 3.84. The van der Waals surface area contributed by atoms with Crippen LogP contribution < -0.4 is 4.74 Å². The Hall–Kier alpha value is -1.84. The molecule has 3 nitrogen and oxygen atoms in total. The van der Waals surface area contributed by atoms with Crippen LogP contribution in [0.4, 0.5) is 26.3 Å². The van der Waals surface area contributed by atoms with Gasteiger partial charge in [-0.3, -0.25) is 0 Å². The zero-order valence-electron chi connectivity index (χ0n) is 10.3. The van der Waals surface area contributed by atoms with E-state index in [0.29, 0.717) is 0 Å². The lowest BCUT2D eigenvalue weighted by molar-refractivity contribution is -0.197. The zero-order valence-corrected chi connectivity index (χ0v) is 11.1. The van der Waals surface area contributed by atoms with Crippen LogP contribution in [0.5, 0.6) is 5.75 Å². The molecule has 2 rings (SSSR count). The van der Waals surface area contributed by atoms with E-state index >= 15 is 0 Å². The number of fused-ring (bicyclic) bond motifs is 1. The summed E-state index contributed by atoms with van der Waals surface area (Å²) in [5.41, 5.74) is -5.46. The molecule has 10 heteroatoms. The highest BCUT2D eigenvalue weighted by atomic mass is 32.2. The Morgan fingerprint density at radius 2 is 1.82 bits per heavy atom. The summed E-state index contributed by atoms with van der Waals surface area (Å²) < 4.78 is 80.9. The second-order valence-corrected chi connectivity index (χ2v) is 5.48. The molecule has 1 N–H and O–H groups in total. The molecular weight excluding hydrogens is 338 g/mol. The van der Waals surface area contributed by atoms with E-state index in [1.54, 1.807) is 0 Å². The van der Waals surface area contributed by atoms with Crippen molar-refractivity contribution in [3.8, 4) is 5.75 Å². The van der Waals surface area contributed by atoms with Gasteiger partial charge in [-0.2, -0.15) is 26.3 Å². The summed E-state index contributed by atoms with van der Waals surface area (Å²) in [6.07, 6.45) is -4.34. The molecule has 1 aliphatic heterocycles. The lowest BCUT2D eigenvalue weighted by Gasteiger charge is -2.35. The van der Waals surface area contributed by atoms with Crippen molar-refractivity contribution in [3.05, 3.63) is 35.4 Å². The minimum Gasteiger partial charge on any atom is -0.478 e. The molecule has 0 aromatic heterocycles. The Morgan fingerprint density at radius 1 is 1.18 bits per heavy atom. The second-order valence-electron chi connectivity index (χ2n) is 4.21. The van der Waals surface area contributed by atoms with E-state index in [1.807, 2.05) is 0 Å². The Labute approximate surface area is 123 Å². The minimum atomic E-state index is -5.33. The zero-order chi connectivity index (χ0) is 16.8.